The molecule has 1 heterocycles. The van der Waals surface area contributed by atoms with Crippen molar-refractivity contribution < 1.29 is 5.11 Å². The Kier molecular flexibility index (Phi) is 5.92. The lowest BCUT2D eigenvalue weighted by Crippen LogP contribution is -2.40. The smallest absolute Gasteiger partial charge is 0.194 e. The molecular weight excluding hydrogens is 344 g/mol. The number of aromatic nitrogens is 1. The van der Waals surface area contributed by atoms with Gasteiger partial charge in [-0.3, -0.25) is 4.99 Å². The number of aryl methyl sites for hydroxylation is 1. The molecule has 22 heavy (non-hydrogen) atoms. The number of nitrogens with one attached hydrogen (secondary N) is 1. The van der Waals surface area contributed by atoms with Gasteiger partial charge in [0.25, 0.3) is 0 Å². The van der Waals surface area contributed by atoms with E-state index in [1.54, 1.807) is 0 Å². The Morgan fingerprint density at radius 1 is 1.50 bits per heavy atom. The quantitative estimate of drug-likeness (QED) is 0.618. The van der Waals surface area contributed by atoms with Gasteiger partial charge in [-0.2, -0.15) is 0 Å². The third-order valence-electron chi connectivity index (χ3n) is 4.23. The van der Waals surface area contributed by atoms with Crippen molar-refractivity contribution in [1.29, 1.82) is 0 Å². The molecule has 0 atom stereocenters. The number of aliphatic imine (C=N–C) groups is 1. The summed E-state index contributed by atoms with van der Waals surface area (Å²) in [5.41, 5.74) is 0.606. The molecular formula is C16H27BrN4O. The van der Waals surface area contributed by atoms with E-state index in [1.165, 1.54) is 5.69 Å². The first-order valence-corrected chi connectivity index (χ1v) is 8.75. The first-order valence-electron chi connectivity index (χ1n) is 7.96. The lowest BCUT2D eigenvalue weighted by atomic mass is 10.0. The molecule has 6 heteroatoms. The summed E-state index contributed by atoms with van der Waals surface area (Å²) in [5, 5.41) is 13.8. The summed E-state index contributed by atoms with van der Waals surface area (Å²) < 4.78 is 3.19. The van der Waals surface area contributed by atoms with E-state index in [4.69, 9.17) is 0 Å². The van der Waals surface area contributed by atoms with E-state index in [2.05, 4.69) is 54.9 Å². The van der Waals surface area contributed by atoms with E-state index < -0.39 is 5.60 Å². The van der Waals surface area contributed by atoms with Crippen molar-refractivity contribution in [2.45, 2.75) is 44.8 Å². The van der Waals surface area contributed by atoms with Crippen LogP contribution >= 0.6 is 15.9 Å². The summed E-state index contributed by atoms with van der Waals surface area (Å²) in [4.78, 5) is 6.76. The Hall–Kier alpha value is -1.01. The van der Waals surface area contributed by atoms with Gasteiger partial charge in [0.15, 0.2) is 5.96 Å². The summed E-state index contributed by atoms with van der Waals surface area (Å²) >= 11 is 3.50. The van der Waals surface area contributed by atoms with Crippen LogP contribution in [0.25, 0.3) is 0 Å². The number of hydrogen-bond acceptors (Lipinski definition) is 2. The van der Waals surface area contributed by atoms with Gasteiger partial charge in [-0.25, -0.2) is 0 Å². The SMILES string of the molecule is CCNC(=NCC1(O)CCCC1)N(C)Cc1cc(Br)cn1C. The first kappa shape index (κ1) is 17.3. The fraction of sp³-hybridized carbons (Fsp3) is 0.688. The average Bonchev–Trinajstić information content (AvgIpc) is 3.01. The summed E-state index contributed by atoms with van der Waals surface area (Å²) in [6, 6.07) is 2.12. The van der Waals surface area contributed by atoms with Crippen molar-refractivity contribution in [2.24, 2.45) is 12.0 Å². The number of rotatable bonds is 5. The van der Waals surface area contributed by atoms with Gasteiger partial charge in [0.05, 0.1) is 18.7 Å². The van der Waals surface area contributed by atoms with Gasteiger partial charge >= 0.3 is 0 Å². The molecule has 0 saturated heterocycles. The van der Waals surface area contributed by atoms with Crippen LogP contribution in [0.4, 0.5) is 0 Å². The molecule has 0 bridgehead atoms. The summed E-state index contributed by atoms with van der Waals surface area (Å²) in [5.74, 6) is 0.847. The number of nitrogens with zero attached hydrogens (tertiary/aromatic N) is 3. The molecule has 0 radical (unpaired) electrons. The maximum Gasteiger partial charge on any atom is 0.194 e. The zero-order valence-electron chi connectivity index (χ0n) is 13.8. The second-order valence-electron chi connectivity index (χ2n) is 6.22. The molecule has 124 valence electrons. The van der Waals surface area contributed by atoms with Crippen LogP contribution in [0.15, 0.2) is 21.7 Å². The molecule has 0 spiro atoms. The van der Waals surface area contributed by atoms with Crippen molar-refractivity contribution in [1.82, 2.24) is 14.8 Å². The van der Waals surface area contributed by atoms with E-state index in [0.717, 1.165) is 49.2 Å². The zero-order valence-corrected chi connectivity index (χ0v) is 15.4. The van der Waals surface area contributed by atoms with Crippen LogP contribution in [0.2, 0.25) is 0 Å². The first-order chi connectivity index (χ1) is 10.4. The predicted molar refractivity (Wildman–Crippen MR) is 94.0 cm³/mol. The highest BCUT2D eigenvalue weighted by Crippen LogP contribution is 2.29. The highest BCUT2D eigenvalue weighted by Gasteiger charge is 2.30. The molecule has 1 saturated carbocycles. The molecule has 1 fully saturated rings. The molecule has 1 aliphatic rings. The Morgan fingerprint density at radius 2 is 2.18 bits per heavy atom. The van der Waals surface area contributed by atoms with Gasteiger partial charge in [-0.05, 0) is 41.8 Å². The Balaban J connectivity index is 2.04. The third kappa shape index (κ3) is 4.49. The van der Waals surface area contributed by atoms with Crippen molar-refractivity contribution in [2.75, 3.05) is 20.1 Å². The summed E-state index contributed by atoms with van der Waals surface area (Å²) in [6.45, 7) is 4.13. The molecule has 1 aromatic rings. The molecule has 2 N–H and O–H groups in total. The van der Waals surface area contributed by atoms with Gasteiger partial charge in [0.1, 0.15) is 0 Å². The van der Waals surface area contributed by atoms with Crippen molar-refractivity contribution in [3.05, 3.63) is 22.4 Å². The second kappa shape index (κ2) is 7.51. The summed E-state index contributed by atoms with van der Waals surface area (Å²) in [7, 11) is 4.07. The topological polar surface area (TPSA) is 52.8 Å². The molecule has 5 nitrogen and oxygen atoms in total. The normalized spacial score (nSPS) is 17.8. The molecule has 0 aliphatic heterocycles. The molecule has 0 amide bonds. The molecule has 1 aromatic heterocycles. The molecule has 0 unspecified atom stereocenters. The van der Waals surface area contributed by atoms with Crippen LogP contribution in [-0.2, 0) is 13.6 Å². The lowest BCUT2D eigenvalue weighted by Gasteiger charge is -2.25. The Bertz CT molecular complexity index is 520. The van der Waals surface area contributed by atoms with E-state index in [-0.39, 0.29) is 0 Å². The van der Waals surface area contributed by atoms with Gasteiger partial charge < -0.3 is 19.9 Å². The Morgan fingerprint density at radius 3 is 2.73 bits per heavy atom. The molecule has 2 rings (SSSR count). The Labute approximate surface area is 141 Å². The van der Waals surface area contributed by atoms with Crippen molar-refractivity contribution in [3.8, 4) is 0 Å². The van der Waals surface area contributed by atoms with Crippen LogP contribution in [0.5, 0.6) is 0 Å². The number of aliphatic hydroxyl groups is 1. The highest BCUT2D eigenvalue weighted by atomic mass is 79.9. The van der Waals surface area contributed by atoms with Gasteiger partial charge in [0, 0.05) is 37.0 Å². The molecule has 1 aliphatic carbocycles. The maximum absolute atomic E-state index is 10.5. The van der Waals surface area contributed by atoms with Crippen LogP contribution < -0.4 is 5.32 Å². The summed E-state index contributed by atoms with van der Waals surface area (Å²) in [6.07, 6.45) is 5.99. The van der Waals surface area contributed by atoms with Crippen molar-refractivity contribution in [3.63, 3.8) is 0 Å². The third-order valence-corrected chi connectivity index (χ3v) is 4.66. The van der Waals surface area contributed by atoms with Crippen LogP contribution in [0.3, 0.4) is 0 Å². The van der Waals surface area contributed by atoms with Crippen molar-refractivity contribution >= 4 is 21.9 Å². The van der Waals surface area contributed by atoms with E-state index in [1.807, 2.05) is 14.1 Å². The van der Waals surface area contributed by atoms with E-state index >= 15 is 0 Å². The second-order valence-corrected chi connectivity index (χ2v) is 7.13. The minimum atomic E-state index is -0.602. The predicted octanol–water partition coefficient (Wildman–Crippen LogP) is 2.49. The fourth-order valence-electron chi connectivity index (χ4n) is 2.92. The van der Waals surface area contributed by atoms with E-state index in [0.29, 0.717) is 6.54 Å². The number of halogens is 1. The number of guanidine groups is 1. The minimum Gasteiger partial charge on any atom is -0.388 e. The van der Waals surface area contributed by atoms with Crippen LogP contribution in [0.1, 0.15) is 38.3 Å². The maximum atomic E-state index is 10.5. The highest BCUT2D eigenvalue weighted by molar-refractivity contribution is 9.10. The fourth-order valence-corrected chi connectivity index (χ4v) is 3.50. The van der Waals surface area contributed by atoms with Gasteiger partial charge in [0.2, 0.25) is 0 Å². The van der Waals surface area contributed by atoms with E-state index in [9.17, 15) is 5.11 Å². The minimum absolute atomic E-state index is 0.483. The zero-order chi connectivity index (χ0) is 16.2. The lowest BCUT2D eigenvalue weighted by molar-refractivity contribution is 0.0572. The largest absolute Gasteiger partial charge is 0.388 e. The monoisotopic (exact) mass is 370 g/mol. The van der Waals surface area contributed by atoms with Crippen LogP contribution in [0, 0.1) is 0 Å². The average molecular weight is 371 g/mol. The number of hydrogen-bond donors (Lipinski definition) is 2. The van der Waals surface area contributed by atoms with Gasteiger partial charge in [-0.15, -0.1) is 0 Å². The van der Waals surface area contributed by atoms with Crippen LogP contribution in [-0.4, -0.2) is 46.3 Å². The van der Waals surface area contributed by atoms with Gasteiger partial charge in [-0.1, -0.05) is 12.8 Å². The standard InChI is InChI=1S/C16H27BrN4O/c1-4-18-15(19-12-16(22)7-5-6-8-16)21(3)11-14-9-13(17)10-20(14)2/h9-10,22H,4-8,11-12H2,1-3H3,(H,18,19). The molecule has 0 aromatic carbocycles.